The minimum Gasteiger partial charge on any atom is -0.497 e. The summed E-state index contributed by atoms with van der Waals surface area (Å²) in [7, 11) is 1.60. The van der Waals surface area contributed by atoms with Gasteiger partial charge in [-0.25, -0.2) is 4.39 Å². The van der Waals surface area contributed by atoms with Crippen LogP contribution in [0.3, 0.4) is 0 Å². The van der Waals surface area contributed by atoms with Gasteiger partial charge in [0.25, 0.3) is 0 Å². The van der Waals surface area contributed by atoms with Crippen molar-refractivity contribution in [1.29, 1.82) is 0 Å². The fraction of sp³-hybridized carbons (Fsp3) is 0.115. The predicted molar refractivity (Wildman–Crippen MR) is 124 cm³/mol. The molecule has 0 aliphatic rings. The quantitative estimate of drug-likeness (QED) is 0.298. The number of methoxy groups -OCH3 is 1. The smallest absolute Gasteiger partial charge is 0.207 e. The van der Waals surface area contributed by atoms with Crippen molar-refractivity contribution < 1.29 is 18.7 Å². The zero-order valence-corrected chi connectivity index (χ0v) is 18.3. The van der Waals surface area contributed by atoms with Gasteiger partial charge in [-0.1, -0.05) is 24.3 Å². The largest absolute Gasteiger partial charge is 0.497 e. The van der Waals surface area contributed by atoms with Crippen LogP contribution in [0.5, 0.6) is 17.2 Å². The van der Waals surface area contributed by atoms with Crippen LogP contribution in [0.4, 0.5) is 4.39 Å². The lowest BCUT2D eigenvalue weighted by Crippen LogP contribution is -2.03. The number of carbonyl (C=O) groups is 1. The lowest BCUT2D eigenvalue weighted by molar-refractivity contribution is 0.104. The molecule has 0 saturated carbocycles. The summed E-state index contributed by atoms with van der Waals surface area (Å²) < 4.78 is 26.0. The van der Waals surface area contributed by atoms with Crippen LogP contribution in [0.25, 0.3) is 16.2 Å². The van der Waals surface area contributed by atoms with E-state index >= 15 is 0 Å². The van der Waals surface area contributed by atoms with Crippen LogP contribution in [0, 0.1) is 12.7 Å². The van der Waals surface area contributed by atoms with E-state index in [1.807, 2.05) is 61.5 Å². The molecule has 0 fully saturated rings. The molecular weight excluding hydrogens is 411 g/mol. The summed E-state index contributed by atoms with van der Waals surface area (Å²) in [6.45, 7) is 3.69. The van der Waals surface area contributed by atoms with Crippen LogP contribution in [0.2, 0.25) is 0 Å². The number of ketones is 1. The molecule has 0 bridgehead atoms. The zero-order chi connectivity index (χ0) is 22.0. The van der Waals surface area contributed by atoms with Gasteiger partial charge in [0.2, 0.25) is 5.78 Å². The van der Waals surface area contributed by atoms with Crippen molar-refractivity contribution >= 4 is 33.3 Å². The molecule has 156 valence electrons. The molecule has 4 rings (SSSR count). The number of hydrogen-bond acceptors (Lipinski definition) is 4. The van der Waals surface area contributed by atoms with Crippen molar-refractivity contribution in [3.63, 3.8) is 0 Å². The Morgan fingerprint density at radius 2 is 1.74 bits per heavy atom. The van der Waals surface area contributed by atoms with Gasteiger partial charge in [0, 0.05) is 15.6 Å². The van der Waals surface area contributed by atoms with Gasteiger partial charge in [-0.15, -0.1) is 11.3 Å². The molecule has 0 unspecified atom stereocenters. The first kappa shape index (κ1) is 20.8. The Labute approximate surface area is 184 Å². The lowest BCUT2D eigenvalue weighted by Gasteiger charge is -2.09. The van der Waals surface area contributed by atoms with Crippen molar-refractivity contribution in [2.75, 3.05) is 7.11 Å². The second kappa shape index (κ2) is 8.74. The van der Waals surface area contributed by atoms with Gasteiger partial charge in [0.1, 0.15) is 22.2 Å². The fourth-order valence-corrected chi connectivity index (χ4v) is 4.51. The van der Waals surface area contributed by atoms with E-state index in [2.05, 4.69) is 0 Å². The Morgan fingerprint density at radius 1 is 1.00 bits per heavy atom. The third-order valence-corrected chi connectivity index (χ3v) is 6.08. The molecule has 3 nitrogen and oxygen atoms in total. The second-order valence-corrected chi connectivity index (χ2v) is 8.13. The van der Waals surface area contributed by atoms with Crippen molar-refractivity contribution in [2.24, 2.45) is 0 Å². The Balaban J connectivity index is 1.82. The van der Waals surface area contributed by atoms with Gasteiger partial charge < -0.3 is 9.47 Å². The monoisotopic (exact) mass is 432 g/mol. The average Bonchev–Trinajstić information content (AvgIpc) is 3.12. The molecule has 0 N–H and O–H groups in total. The molecule has 0 saturated heterocycles. The molecule has 0 atom stereocenters. The SMILES string of the molecule is C/C=C/c1ccc(Oc2c(C(=O)c3ccc(F)cc3C)sc3cc(OC)ccc23)cc1. The van der Waals surface area contributed by atoms with Crippen LogP contribution in [0.1, 0.15) is 33.3 Å². The molecule has 0 aliphatic heterocycles. The molecule has 4 aromatic rings. The Hall–Kier alpha value is -3.44. The van der Waals surface area contributed by atoms with E-state index < -0.39 is 0 Å². The number of allylic oxidation sites excluding steroid dienone is 1. The molecule has 0 aliphatic carbocycles. The van der Waals surface area contributed by atoms with E-state index in [4.69, 9.17) is 9.47 Å². The van der Waals surface area contributed by atoms with Crippen LogP contribution in [-0.4, -0.2) is 12.9 Å². The van der Waals surface area contributed by atoms with Crippen LogP contribution in [-0.2, 0) is 0 Å². The van der Waals surface area contributed by atoms with Crippen LogP contribution < -0.4 is 9.47 Å². The first-order valence-electron chi connectivity index (χ1n) is 9.82. The van der Waals surface area contributed by atoms with Crippen molar-refractivity contribution in [2.45, 2.75) is 13.8 Å². The molecule has 3 aromatic carbocycles. The second-order valence-electron chi connectivity index (χ2n) is 7.08. The number of aryl methyl sites for hydroxylation is 1. The number of thiophene rings is 1. The standard InChI is InChI=1S/C26H21FO3S/c1-4-5-17-6-9-19(10-7-17)30-25-22-13-11-20(29-3)15-23(22)31-26(25)24(28)21-12-8-18(27)14-16(21)2/h4-15H,1-3H3/b5-4+. The van der Waals surface area contributed by atoms with Crippen molar-refractivity contribution in [1.82, 2.24) is 0 Å². The Bertz CT molecular complexity index is 1290. The van der Waals surface area contributed by atoms with Crippen LogP contribution in [0.15, 0.2) is 66.7 Å². The van der Waals surface area contributed by atoms with E-state index in [0.717, 1.165) is 15.6 Å². The summed E-state index contributed by atoms with van der Waals surface area (Å²) in [6, 6.07) is 17.5. The molecule has 0 radical (unpaired) electrons. The fourth-order valence-electron chi connectivity index (χ4n) is 3.39. The van der Waals surface area contributed by atoms with Gasteiger partial charge in [0.05, 0.1) is 7.11 Å². The molecule has 5 heteroatoms. The highest BCUT2D eigenvalue weighted by molar-refractivity contribution is 7.21. The number of carbonyl (C=O) groups excluding carboxylic acids is 1. The Kier molecular flexibility index (Phi) is 5.87. The first-order valence-corrected chi connectivity index (χ1v) is 10.6. The summed E-state index contributed by atoms with van der Waals surface area (Å²) in [5, 5.41) is 0.825. The van der Waals surface area contributed by atoms with E-state index in [1.165, 1.54) is 29.5 Å². The first-order chi connectivity index (χ1) is 15.0. The molecule has 31 heavy (non-hydrogen) atoms. The van der Waals surface area contributed by atoms with E-state index in [9.17, 15) is 9.18 Å². The minimum absolute atomic E-state index is 0.196. The maximum absolute atomic E-state index is 13.6. The lowest BCUT2D eigenvalue weighted by atomic mass is 10.0. The maximum atomic E-state index is 13.6. The number of ether oxygens (including phenoxy) is 2. The highest BCUT2D eigenvalue weighted by atomic mass is 32.1. The summed E-state index contributed by atoms with van der Waals surface area (Å²) in [6.07, 6.45) is 3.97. The van der Waals surface area contributed by atoms with E-state index in [1.54, 1.807) is 14.0 Å². The molecule has 1 aromatic heterocycles. The number of fused-ring (bicyclic) bond motifs is 1. The topological polar surface area (TPSA) is 35.5 Å². The van der Waals surface area contributed by atoms with Gasteiger partial charge in [0.15, 0.2) is 5.75 Å². The van der Waals surface area contributed by atoms with Gasteiger partial charge in [-0.2, -0.15) is 0 Å². The highest BCUT2D eigenvalue weighted by Gasteiger charge is 2.23. The van der Waals surface area contributed by atoms with E-state index in [-0.39, 0.29) is 11.6 Å². The third-order valence-electron chi connectivity index (χ3n) is 4.95. The normalized spacial score (nSPS) is 11.2. The number of halogens is 1. The third kappa shape index (κ3) is 4.23. The maximum Gasteiger partial charge on any atom is 0.207 e. The molecular formula is C26H21FO3S. The average molecular weight is 433 g/mol. The predicted octanol–water partition coefficient (Wildman–Crippen LogP) is 7.41. The number of rotatable bonds is 6. The Morgan fingerprint density at radius 3 is 2.42 bits per heavy atom. The van der Waals surface area contributed by atoms with E-state index in [0.29, 0.717) is 33.3 Å². The minimum atomic E-state index is -0.368. The number of hydrogen-bond donors (Lipinski definition) is 0. The zero-order valence-electron chi connectivity index (χ0n) is 17.4. The highest BCUT2D eigenvalue weighted by Crippen LogP contribution is 2.43. The van der Waals surface area contributed by atoms with Crippen molar-refractivity contribution in [3.05, 3.63) is 94.1 Å². The number of benzene rings is 3. The van der Waals surface area contributed by atoms with Crippen LogP contribution >= 0.6 is 11.3 Å². The molecule has 0 spiro atoms. The van der Waals surface area contributed by atoms with Gasteiger partial charge in [-0.3, -0.25) is 4.79 Å². The van der Waals surface area contributed by atoms with Crippen molar-refractivity contribution in [3.8, 4) is 17.2 Å². The molecule has 1 heterocycles. The summed E-state index contributed by atoms with van der Waals surface area (Å²) >= 11 is 1.34. The van der Waals surface area contributed by atoms with Gasteiger partial charge in [-0.05, 0) is 73.5 Å². The summed E-state index contributed by atoms with van der Waals surface area (Å²) in [5.74, 6) is 1.27. The van der Waals surface area contributed by atoms with Gasteiger partial charge >= 0.3 is 0 Å². The summed E-state index contributed by atoms with van der Waals surface area (Å²) in [4.78, 5) is 13.9. The summed E-state index contributed by atoms with van der Waals surface area (Å²) in [5.41, 5.74) is 2.10. The molecule has 0 amide bonds.